The molecule has 0 radical (unpaired) electrons. The number of hydrogen-bond donors (Lipinski definition) is 1. The summed E-state index contributed by atoms with van der Waals surface area (Å²) in [5.41, 5.74) is 0.109. The average molecular weight is 283 g/mol. The minimum atomic E-state index is -0.803. The summed E-state index contributed by atoms with van der Waals surface area (Å²) >= 11 is 0. The molecule has 0 unspecified atom stereocenters. The third-order valence-corrected chi connectivity index (χ3v) is 3.57. The zero-order valence-electron chi connectivity index (χ0n) is 11.3. The van der Waals surface area contributed by atoms with Gasteiger partial charge in [0.1, 0.15) is 11.6 Å². The summed E-state index contributed by atoms with van der Waals surface area (Å²) in [6.45, 7) is 0.946. The summed E-state index contributed by atoms with van der Waals surface area (Å²) in [6, 6.07) is 4.29. The first-order valence-corrected chi connectivity index (χ1v) is 6.96. The second-order valence-corrected chi connectivity index (χ2v) is 5.25. The molecule has 0 heterocycles. The molecule has 0 spiro atoms. The molecule has 3 nitrogen and oxygen atoms in total. The molecule has 0 aromatic heterocycles. The Bertz CT molecular complexity index is 455. The Morgan fingerprint density at radius 3 is 2.45 bits per heavy atom. The smallest absolute Gasteiger partial charge is 0.303 e. The molecule has 0 atom stereocenters. The van der Waals surface area contributed by atoms with Gasteiger partial charge in [-0.2, -0.15) is 0 Å². The van der Waals surface area contributed by atoms with E-state index in [0.29, 0.717) is 19.0 Å². The highest BCUT2D eigenvalue weighted by Gasteiger charge is 2.29. The summed E-state index contributed by atoms with van der Waals surface area (Å²) in [7, 11) is 0. The maximum atomic E-state index is 13.6. The Morgan fingerprint density at radius 2 is 1.90 bits per heavy atom. The van der Waals surface area contributed by atoms with E-state index in [1.165, 1.54) is 18.2 Å². The molecule has 5 heteroatoms. The van der Waals surface area contributed by atoms with E-state index in [2.05, 4.69) is 4.90 Å². The Morgan fingerprint density at radius 1 is 1.25 bits per heavy atom. The predicted molar refractivity (Wildman–Crippen MR) is 71.3 cm³/mol. The summed E-state index contributed by atoms with van der Waals surface area (Å²) in [5, 5.41) is 8.60. The van der Waals surface area contributed by atoms with E-state index >= 15 is 0 Å². The first kappa shape index (κ1) is 14.9. The van der Waals surface area contributed by atoms with Crippen LogP contribution in [0.4, 0.5) is 8.78 Å². The first-order valence-electron chi connectivity index (χ1n) is 6.96. The number of nitrogens with zero attached hydrogens (tertiary/aromatic N) is 1. The fourth-order valence-electron chi connectivity index (χ4n) is 2.31. The van der Waals surface area contributed by atoms with Crippen LogP contribution in [-0.2, 0) is 11.3 Å². The van der Waals surface area contributed by atoms with Crippen molar-refractivity contribution in [1.82, 2.24) is 4.90 Å². The van der Waals surface area contributed by atoms with E-state index in [9.17, 15) is 13.6 Å². The molecule has 0 amide bonds. The highest BCUT2D eigenvalue weighted by molar-refractivity contribution is 5.66. The van der Waals surface area contributed by atoms with Gasteiger partial charge in [0.05, 0.1) is 0 Å². The predicted octanol–water partition coefficient (Wildman–Crippen LogP) is 3.18. The van der Waals surface area contributed by atoms with Gasteiger partial charge in [0.25, 0.3) is 0 Å². The molecule has 1 aliphatic carbocycles. The first-order chi connectivity index (χ1) is 9.58. The van der Waals surface area contributed by atoms with Crippen molar-refractivity contribution in [3.05, 3.63) is 35.4 Å². The molecule has 20 heavy (non-hydrogen) atoms. The number of benzene rings is 1. The van der Waals surface area contributed by atoms with E-state index in [-0.39, 0.29) is 18.5 Å². The lowest BCUT2D eigenvalue weighted by atomic mass is 10.1. The lowest BCUT2D eigenvalue weighted by Crippen LogP contribution is -2.27. The van der Waals surface area contributed by atoms with Crippen molar-refractivity contribution in [1.29, 1.82) is 0 Å². The quantitative estimate of drug-likeness (QED) is 0.745. The molecular weight excluding hydrogens is 264 g/mol. The molecule has 2 rings (SSSR count). The van der Waals surface area contributed by atoms with Gasteiger partial charge in [0.15, 0.2) is 0 Å². The maximum absolute atomic E-state index is 13.6. The van der Waals surface area contributed by atoms with Gasteiger partial charge in [0.2, 0.25) is 0 Å². The summed E-state index contributed by atoms with van der Waals surface area (Å²) in [4.78, 5) is 12.5. The van der Waals surface area contributed by atoms with Crippen molar-refractivity contribution in [3.63, 3.8) is 0 Å². The summed E-state index contributed by atoms with van der Waals surface area (Å²) in [6.07, 6.45) is 3.58. The van der Waals surface area contributed by atoms with Gasteiger partial charge >= 0.3 is 5.97 Å². The number of rotatable bonds is 8. The topological polar surface area (TPSA) is 40.5 Å². The molecule has 1 saturated carbocycles. The van der Waals surface area contributed by atoms with Gasteiger partial charge in [-0.25, -0.2) is 8.78 Å². The third kappa shape index (κ3) is 4.27. The molecule has 1 fully saturated rings. The van der Waals surface area contributed by atoms with E-state index in [0.717, 1.165) is 19.3 Å². The second-order valence-electron chi connectivity index (χ2n) is 5.25. The number of halogens is 2. The van der Waals surface area contributed by atoms with Crippen molar-refractivity contribution in [2.24, 2.45) is 0 Å². The molecule has 0 saturated heterocycles. The van der Waals surface area contributed by atoms with Crippen LogP contribution in [0.25, 0.3) is 0 Å². The molecule has 1 aromatic rings. The Hall–Kier alpha value is -1.49. The van der Waals surface area contributed by atoms with E-state index in [1.54, 1.807) is 0 Å². The van der Waals surface area contributed by atoms with Gasteiger partial charge < -0.3 is 5.11 Å². The molecule has 0 aliphatic heterocycles. The third-order valence-electron chi connectivity index (χ3n) is 3.57. The van der Waals surface area contributed by atoms with Crippen LogP contribution in [0.2, 0.25) is 0 Å². The van der Waals surface area contributed by atoms with Crippen LogP contribution in [0.3, 0.4) is 0 Å². The van der Waals surface area contributed by atoms with E-state index < -0.39 is 17.6 Å². The molecule has 1 aromatic carbocycles. The van der Waals surface area contributed by atoms with Gasteiger partial charge in [0, 0.05) is 24.6 Å². The van der Waals surface area contributed by atoms with Crippen LogP contribution in [0.5, 0.6) is 0 Å². The average Bonchev–Trinajstić information content (AvgIpc) is 3.20. The lowest BCUT2D eigenvalue weighted by Gasteiger charge is -2.22. The molecule has 0 bridgehead atoms. The standard InChI is InChI=1S/C15H19F2NO2/c16-13-4-3-5-14(17)12(13)10-18(11-7-8-11)9-2-1-6-15(19)20/h3-5,11H,1-2,6-10H2,(H,19,20). The van der Waals surface area contributed by atoms with Crippen molar-refractivity contribution in [2.75, 3.05) is 6.54 Å². The van der Waals surface area contributed by atoms with Crippen LogP contribution in [-0.4, -0.2) is 28.6 Å². The second kappa shape index (κ2) is 6.79. The van der Waals surface area contributed by atoms with Gasteiger partial charge in [-0.1, -0.05) is 6.07 Å². The van der Waals surface area contributed by atoms with Crippen molar-refractivity contribution < 1.29 is 18.7 Å². The Labute approximate surface area is 117 Å². The minimum absolute atomic E-state index is 0.109. The van der Waals surface area contributed by atoms with Gasteiger partial charge in [-0.3, -0.25) is 9.69 Å². The summed E-state index contributed by atoms with van der Waals surface area (Å²) in [5.74, 6) is -1.83. The Kier molecular flexibility index (Phi) is 5.06. The van der Waals surface area contributed by atoms with Crippen LogP contribution < -0.4 is 0 Å². The van der Waals surface area contributed by atoms with Crippen molar-refractivity contribution >= 4 is 5.97 Å². The fraction of sp³-hybridized carbons (Fsp3) is 0.533. The zero-order valence-corrected chi connectivity index (χ0v) is 11.3. The van der Waals surface area contributed by atoms with Gasteiger partial charge in [-0.05, 0) is 44.4 Å². The highest BCUT2D eigenvalue weighted by atomic mass is 19.1. The van der Waals surface area contributed by atoms with Crippen LogP contribution in [0.1, 0.15) is 37.7 Å². The highest BCUT2D eigenvalue weighted by Crippen LogP contribution is 2.29. The number of unbranched alkanes of at least 4 members (excludes halogenated alkanes) is 1. The molecule has 1 aliphatic rings. The minimum Gasteiger partial charge on any atom is -0.481 e. The van der Waals surface area contributed by atoms with Crippen LogP contribution in [0.15, 0.2) is 18.2 Å². The zero-order chi connectivity index (χ0) is 14.5. The van der Waals surface area contributed by atoms with Crippen molar-refractivity contribution in [2.45, 2.75) is 44.7 Å². The number of aliphatic carboxylic acids is 1. The number of carboxylic acid groups (broad SMARTS) is 1. The van der Waals surface area contributed by atoms with Crippen LogP contribution >= 0.6 is 0 Å². The summed E-state index contributed by atoms with van der Waals surface area (Å²) < 4.78 is 27.3. The lowest BCUT2D eigenvalue weighted by molar-refractivity contribution is -0.137. The number of carboxylic acids is 1. The number of carbonyl (C=O) groups is 1. The van der Waals surface area contributed by atoms with E-state index in [4.69, 9.17) is 5.11 Å². The molecule has 110 valence electrons. The maximum Gasteiger partial charge on any atom is 0.303 e. The van der Waals surface area contributed by atoms with Gasteiger partial charge in [-0.15, -0.1) is 0 Å². The number of hydrogen-bond acceptors (Lipinski definition) is 2. The fourth-order valence-corrected chi connectivity index (χ4v) is 2.31. The molecule has 1 N–H and O–H groups in total. The molecular formula is C15H19F2NO2. The normalized spacial score (nSPS) is 14.8. The van der Waals surface area contributed by atoms with E-state index in [1.807, 2.05) is 0 Å². The van der Waals surface area contributed by atoms with Crippen LogP contribution in [0, 0.1) is 11.6 Å². The largest absolute Gasteiger partial charge is 0.481 e. The SMILES string of the molecule is O=C(O)CCCCN(Cc1c(F)cccc1F)C1CC1. The van der Waals surface area contributed by atoms with Crippen molar-refractivity contribution in [3.8, 4) is 0 Å². The Balaban J connectivity index is 1.91. The monoisotopic (exact) mass is 283 g/mol.